The van der Waals surface area contributed by atoms with Crippen LogP contribution in [0.25, 0.3) is 22.4 Å². The molecule has 4 aromatic rings. The van der Waals surface area contributed by atoms with Crippen LogP contribution in [-0.2, 0) is 21.6 Å². The van der Waals surface area contributed by atoms with E-state index in [2.05, 4.69) is 21.9 Å². The standard InChI is InChI=1S/C29H30ClF2N7O3/c1-15-7-9-16(10-8-15)14-39-23-22(17-11-18(30)13-35-12-17)36-26(24(33)42-28(34)40)37-25(23)38-27(39)29(2,41-3)21-19(31)5-4-6-20(21)32/h4-6,11-13,15-16,33H,7-10,14H2,1-3H3,(H2,34,40)/t15-,16-,29?. The van der Waals surface area contributed by atoms with Crippen molar-refractivity contribution in [2.24, 2.45) is 17.6 Å². The molecule has 0 saturated heterocycles. The van der Waals surface area contributed by atoms with Crippen molar-refractivity contribution in [3.8, 4) is 11.3 Å². The highest BCUT2D eigenvalue weighted by molar-refractivity contribution is 6.30. The molecule has 1 aliphatic carbocycles. The molecule has 1 amide bonds. The van der Waals surface area contributed by atoms with E-state index in [0.717, 1.165) is 37.8 Å². The number of fused-ring (bicyclic) bond motifs is 1. The van der Waals surface area contributed by atoms with Crippen molar-refractivity contribution in [1.82, 2.24) is 24.5 Å². The number of nitrogens with two attached hydrogens (primary N) is 1. The first-order valence-electron chi connectivity index (χ1n) is 13.5. The number of aromatic nitrogens is 5. The van der Waals surface area contributed by atoms with Crippen molar-refractivity contribution in [2.45, 2.75) is 51.7 Å². The van der Waals surface area contributed by atoms with Crippen molar-refractivity contribution in [3.05, 3.63) is 70.5 Å². The molecular weight excluding hydrogens is 568 g/mol. The Morgan fingerprint density at radius 2 is 1.86 bits per heavy atom. The molecule has 1 atom stereocenters. The lowest BCUT2D eigenvalue weighted by Crippen LogP contribution is -2.33. The second-order valence-electron chi connectivity index (χ2n) is 10.7. The summed E-state index contributed by atoms with van der Waals surface area (Å²) < 4.78 is 43.0. The fourth-order valence-corrected chi connectivity index (χ4v) is 5.77. The van der Waals surface area contributed by atoms with Crippen molar-refractivity contribution in [1.29, 1.82) is 5.41 Å². The predicted molar refractivity (Wildman–Crippen MR) is 152 cm³/mol. The van der Waals surface area contributed by atoms with Gasteiger partial charge in [-0.05, 0) is 49.8 Å². The summed E-state index contributed by atoms with van der Waals surface area (Å²) in [4.78, 5) is 29.3. The number of rotatable bonds is 7. The van der Waals surface area contributed by atoms with E-state index in [4.69, 9.17) is 37.2 Å². The zero-order chi connectivity index (χ0) is 30.2. The number of nitrogens with one attached hydrogen (secondary N) is 1. The van der Waals surface area contributed by atoms with Crippen molar-refractivity contribution >= 4 is 34.8 Å². The first kappa shape index (κ1) is 29.5. The second-order valence-corrected chi connectivity index (χ2v) is 11.2. The van der Waals surface area contributed by atoms with E-state index in [1.807, 2.05) is 4.57 Å². The molecular formula is C29H30ClF2N7O3. The number of hydrogen-bond donors (Lipinski definition) is 2. The van der Waals surface area contributed by atoms with Crippen LogP contribution in [0.3, 0.4) is 0 Å². The minimum absolute atomic E-state index is 0.0898. The molecule has 3 N–H and O–H groups in total. The second kappa shape index (κ2) is 11.7. The molecule has 1 aliphatic rings. The van der Waals surface area contributed by atoms with Gasteiger partial charge in [0.1, 0.15) is 28.7 Å². The van der Waals surface area contributed by atoms with E-state index in [1.165, 1.54) is 25.6 Å². The molecule has 13 heteroatoms. The number of primary amides is 1. The molecule has 3 heterocycles. The number of halogens is 3. The predicted octanol–water partition coefficient (Wildman–Crippen LogP) is 5.98. The van der Waals surface area contributed by atoms with Gasteiger partial charge >= 0.3 is 6.09 Å². The third-order valence-electron chi connectivity index (χ3n) is 7.84. The lowest BCUT2D eigenvalue weighted by Gasteiger charge is -2.32. The highest BCUT2D eigenvalue weighted by Gasteiger charge is 2.41. The van der Waals surface area contributed by atoms with Gasteiger partial charge in [0, 0.05) is 31.6 Å². The quantitative estimate of drug-likeness (QED) is 0.197. The number of imidazole rings is 1. The SMILES string of the molecule is COC(C)(c1c(F)cccc1F)c1nc2nc(C(=N)OC(N)=O)nc(-c3cncc(Cl)c3)c2n1C[C@H]1CC[C@H](C)CC1. The summed E-state index contributed by atoms with van der Waals surface area (Å²) in [6.07, 6.45) is 5.75. The summed E-state index contributed by atoms with van der Waals surface area (Å²) in [5.74, 6) is -1.56. The number of methoxy groups -OCH3 is 1. The van der Waals surface area contributed by atoms with Crippen LogP contribution in [-0.4, -0.2) is 43.6 Å². The average molecular weight is 598 g/mol. The third-order valence-corrected chi connectivity index (χ3v) is 8.04. The Bertz CT molecular complexity index is 1650. The van der Waals surface area contributed by atoms with Crippen LogP contribution in [0, 0.1) is 28.9 Å². The third kappa shape index (κ3) is 5.56. The number of pyridine rings is 1. The minimum Gasteiger partial charge on any atom is -0.388 e. The van der Waals surface area contributed by atoms with Crippen LogP contribution >= 0.6 is 11.6 Å². The fourth-order valence-electron chi connectivity index (χ4n) is 5.60. The molecule has 5 rings (SSSR count). The van der Waals surface area contributed by atoms with Crippen molar-refractivity contribution < 1.29 is 23.0 Å². The van der Waals surface area contributed by atoms with Crippen molar-refractivity contribution in [3.63, 3.8) is 0 Å². The van der Waals surface area contributed by atoms with Gasteiger partial charge in [-0.3, -0.25) is 10.4 Å². The van der Waals surface area contributed by atoms with Gasteiger partial charge in [0.05, 0.1) is 10.6 Å². The zero-order valence-electron chi connectivity index (χ0n) is 23.3. The summed E-state index contributed by atoms with van der Waals surface area (Å²) in [6, 6.07) is 5.23. The van der Waals surface area contributed by atoms with Gasteiger partial charge in [-0.25, -0.2) is 28.5 Å². The molecule has 1 aromatic carbocycles. The largest absolute Gasteiger partial charge is 0.411 e. The topological polar surface area (TPSA) is 142 Å². The number of hydrogen-bond acceptors (Lipinski definition) is 8. The Morgan fingerprint density at radius 3 is 2.48 bits per heavy atom. The fraction of sp³-hybridized carbons (Fsp3) is 0.379. The summed E-state index contributed by atoms with van der Waals surface area (Å²) in [5, 5.41) is 8.55. The van der Waals surface area contributed by atoms with Crippen LogP contribution in [0.2, 0.25) is 5.02 Å². The molecule has 0 aliphatic heterocycles. The van der Waals surface area contributed by atoms with Gasteiger partial charge in [-0.1, -0.05) is 37.4 Å². The first-order valence-corrected chi connectivity index (χ1v) is 13.8. The lowest BCUT2D eigenvalue weighted by atomic mass is 9.83. The maximum absolute atomic E-state index is 15.3. The molecule has 42 heavy (non-hydrogen) atoms. The normalized spacial score (nSPS) is 18.5. The molecule has 1 unspecified atom stereocenters. The van der Waals surface area contributed by atoms with Crippen LogP contribution in [0.4, 0.5) is 13.6 Å². The van der Waals surface area contributed by atoms with Gasteiger partial charge in [0.25, 0.3) is 5.90 Å². The summed E-state index contributed by atoms with van der Waals surface area (Å²) in [7, 11) is 1.35. The molecule has 1 saturated carbocycles. The van der Waals surface area contributed by atoms with E-state index in [1.54, 1.807) is 13.0 Å². The van der Waals surface area contributed by atoms with Gasteiger partial charge in [0.2, 0.25) is 5.82 Å². The van der Waals surface area contributed by atoms with Gasteiger partial charge in [0.15, 0.2) is 11.2 Å². The Labute approximate surface area is 245 Å². The van der Waals surface area contributed by atoms with Crippen LogP contribution in [0.15, 0.2) is 36.7 Å². The molecule has 220 valence electrons. The molecule has 0 bridgehead atoms. The monoisotopic (exact) mass is 597 g/mol. The molecule has 1 fully saturated rings. The smallest absolute Gasteiger partial charge is 0.388 e. The highest BCUT2D eigenvalue weighted by Crippen LogP contribution is 2.40. The Kier molecular flexibility index (Phi) is 8.20. The average Bonchev–Trinajstić information content (AvgIpc) is 3.32. The van der Waals surface area contributed by atoms with Crippen LogP contribution in [0.5, 0.6) is 0 Å². The Morgan fingerprint density at radius 1 is 1.17 bits per heavy atom. The highest BCUT2D eigenvalue weighted by atomic mass is 35.5. The van der Waals surface area contributed by atoms with E-state index in [-0.39, 0.29) is 34.5 Å². The maximum Gasteiger partial charge on any atom is 0.411 e. The Balaban J connectivity index is 1.83. The number of carbonyl (C=O) groups excluding carboxylic acids is 1. The summed E-state index contributed by atoms with van der Waals surface area (Å²) >= 11 is 6.28. The lowest BCUT2D eigenvalue weighted by molar-refractivity contribution is 0.0217. The van der Waals surface area contributed by atoms with Gasteiger partial charge in [-0.2, -0.15) is 0 Å². The van der Waals surface area contributed by atoms with Gasteiger partial charge < -0.3 is 19.8 Å². The van der Waals surface area contributed by atoms with Gasteiger partial charge in [-0.15, -0.1) is 0 Å². The molecule has 10 nitrogen and oxygen atoms in total. The van der Waals surface area contributed by atoms with Crippen molar-refractivity contribution in [2.75, 3.05) is 7.11 Å². The Hall–Kier alpha value is -4.03. The summed E-state index contributed by atoms with van der Waals surface area (Å²) in [6.45, 7) is 4.20. The zero-order valence-corrected chi connectivity index (χ0v) is 24.1. The van der Waals surface area contributed by atoms with Crippen LogP contribution in [0.1, 0.15) is 56.7 Å². The maximum atomic E-state index is 15.3. The van der Waals surface area contributed by atoms with Crippen LogP contribution < -0.4 is 5.73 Å². The summed E-state index contributed by atoms with van der Waals surface area (Å²) in [5.41, 5.74) is 4.37. The number of benzene rings is 1. The number of ether oxygens (including phenoxy) is 2. The number of nitrogens with zero attached hydrogens (tertiary/aromatic N) is 5. The van der Waals surface area contributed by atoms with E-state index in [9.17, 15) is 4.79 Å². The molecule has 3 aromatic heterocycles. The molecule has 0 spiro atoms. The number of carbonyl (C=O) groups is 1. The first-order chi connectivity index (χ1) is 20.0. The number of amides is 1. The minimum atomic E-state index is -1.70. The molecule has 0 radical (unpaired) electrons. The van der Waals surface area contributed by atoms with E-state index in [0.29, 0.717) is 28.6 Å². The van der Waals surface area contributed by atoms with E-state index >= 15 is 8.78 Å². The van der Waals surface area contributed by atoms with E-state index < -0.39 is 29.2 Å².